The van der Waals surface area contributed by atoms with Crippen molar-refractivity contribution < 1.29 is 9.59 Å². The molecule has 5 nitrogen and oxygen atoms in total. The Hall–Kier alpha value is -0.700. The van der Waals surface area contributed by atoms with Crippen molar-refractivity contribution in [2.45, 2.75) is 0 Å². The lowest BCUT2D eigenvalue weighted by atomic mass is 10.3. The zero-order chi connectivity index (χ0) is 14.0. The Labute approximate surface area is 130 Å². The molecule has 0 aliphatic carbocycles. The minimum Gasteiger partial charge on any atom is -0.329 e. The molecule has 1 aromatic heterocycles. The van der Waals surface area contributed by atoms with Crippen LogP contribution in [0.4, 0.5) is 4.79 Å². The number of carbonyl (C=O) groups is 2. The first-order valence-corrected chi connectivity index (χ1v) is 7.69. The second-order valence-corrected chi connectivity index (χ2v) is 6.41. The topological polar surface area (TPSA) is 76.3 Å². The van der Waals surface area contributed by atoms with Crippen LogP contribution in [0.1, 0.15) is 5.69 Å². The quantitative estimate of drug-likeness (QED) is 0.780. The van der Waals surface area contributed by atoms with E-state index in [0.717, 1.165) is 25.6 Å². The van der Waals surface area contributed by atoms with Crippen molar-refractivity contribution in [2.75, 3.05) is 13.1 Å². The van der Waals surface area contributed by atoms with Gasteiger partial charge in [-0.2, -0.15) is 0 Å². The standard InChI is InChI=1S/C11H9Br2N3O2S/c12-6-3-7(13)8(15-5-6)4-9-10(17)16(2-1-14)11(18)19-9/h3-5H,1-2,14H2. The molecule has 1 aliphatic rings. The number of amides is 2. The highest BCUT2D eigenvalue weighted by Gasteiger charge is 2.34. The first kappa shape index (κ1) is 14.7. The monoisotopic (exact) mass is 405 g/mol. The van der Waals surface area contributed by atoms with Crippen LogP contribution in [0.25, 0.3) is 6.08 Å². The van der Waals surface area contributed by atoms with Gasteiger partial charge in [-0.15, -0.1) is 0 Å². The number of halogens is 2. The van der Waals surface area contributed by atoms with Gasteiger partial charge in [0.1, 0.15) is 0 Å². The molecule has 2 N–H and O–H groups in total. The molecule has 8 heteroatoms. The number of pyridine rings is 1. The summed E-state index contributed by atoms with van der Waals surface area (Å²) in [5.74, 6) is -0.322. The average molecular weight is 407 g/mol. The van der Waals surface area contributed by atoms with Gasteiger partial charge in [-0.3, -0.25) is 19.5 Å². The van der Waals surface area contributed by atoms with E-state index in [1.165, 1.54) is 0 Å². The van der Waals surface area contributed by atoms with E-state index in [9.17, 15) is 9.59 Å². The summed E-state index contributed by atoms with van der Waals surface area (Å²) in [7, 11) is 0. The van der Waals surface area contributed by atoms with Crippen LogP contribution >= 0.6 is 43.6 Å². The third-order valence-corrected chi connectivity index (χ3v) is 4.31. The Balaban J connectivity index is 2.30. The first-order valence-electron chi connectivity index (χ1n) is 5.29. The third kappa shape index (κ3) is 3.25. The number of aromatic nitrogens is 1. The number of hydrogen-bond donors (Lipinski definition) is 1. The molecule has 0 unspecified atom stereocenters. The Bertz CT molecular complexity index is 577. The number of hydrogen-bond acceptors (Lipinski definition) is 5. The van der Waals surface area contributed by atoms with E-state index in [-0.39, 0.29) is 24.2 Å². The van der Waals surface area contributed by atoms with Crippen LogP contribution < -0.4 is 5.73 Å². The van der Waals surface area contributed by atoms with Gasteiger partial charge < -0.3 is 5.73 Å². The summed E-state index contributed by atoms with van der Waals surface area (Å²) < 4.78 is 1.57. The molecule has 1 saturated heterocycles. The molecule has 2 rings (SSSR count). The van der Waals surface area contributed by atoms with Gasteiger partial charge in [-0.05, 0) is 55.8 Å². The van der Waals surface area contributed by atoms with Gasteiger partial charge in [-0.1, -0.05) is 0 Å². The van der Waals surface area contributed by atoms with E-state index in [2.05, 4.69) is 36.8 Å². The second kappa shape index (κ2) is 6.17. The Morgan fingerprint density at radius 3 is 2.79 bits per heavy atom. The summed E-state index contributed by atoms with van der Waals surface area (Å²) in [6, 6.07) is 1.82. The van der Waals surface area contributed by atoms with Crippen LogP contribution in [0, 0.1) is 0 Å². The summed E-state index contributed by atoms with van der Waals surface area (Å²) in [4.78, 5) is 29.3. The molecule has 0 spiro atoms. The third-order valence-electron chi connectivity index (χ3n) is 2.33. The largest absolute Gasteiger partial charge is 0.329 e. The molecule has 2 heterocycles. The number of imide groups is 1. The summed E-state index contributed by atoms with van der Waals surface area (Å²) in [6.45, 7) is 0.489. The van der Waals surface area contributed by atoms with Crippen LogP contribution in [0.15, 0.2) is 26.1 Å². The molecule has 0 bridgehead atoms. The van der Waals surface area contributed by atoms with Crippen molar-refractivity contribution >= 4 is 60.8 Å². The maximum absolute atomic E-state index is 12.0. The number of thioether (sulfide) groups is 1. The lowest BCUT2D eigenvalue weighted by molar-refractivity contribution is -0.122. The lowest BCUT2D eigenvalue weighted by Gasteiger charge is -2.09. The molecule has 19 heavy (non-hydrogen) atoms. The van der Waals surface area contributed by atoms with Gasteiger partial charge in [-0.25, -0.2) is 0 Å². The molecule has 0 radical (unpaired) electrons. The number of carbonyl (C=O) groups excluding carboxylic acids is 2. The summed E-state index contributed by atoms with van der Waals surface area (Å²) in [5.41, 5.74) is 5.97. The van der Waals surface area contributed by atoms with Gasteiger partial charge in [0.2, 0.25) is 0 Å². The summed E-state index contributed by atoms with van der Waals surface area (Å²) in [6.07, 6.45) is 3.22. The van der Waals surface area contributed by atoms with Gasteiger partial charge in [0.15, 0.2) is 0 Å². The molecule has 0 aromatic carbocycles. The Kier molecular flexibility index (Phi) is 4.77. The van der Waals surface area contributed by atoms with Crippen molar-refractivity contribution in [2.24, 2.45) is 5.73 Å². The molecular formula is C11H9Br2N3O2S. The van der Waals surface area contributed by atoms with Crippen LogP contribution in [0.5, 0.6) is 0 Å². The molecule has 2 amide bonds. The van der Waals surface area contributed by atoms with Gasteiger partial charge >= 0.3 is 0 Å². The molecule has 1 aliphatic heterocycles. The minimum atomic E-state index is -0.322. The highest BCUT2D eigenvalue weighted by molar-refractivity contribution is 9.11. The molecule has 100 valence electrons. The average Bonchev–Trinajstić information content (AvgIpc) is 2.61. The Morgan fingerprint density at radius 2 is 2.16 bits per heavy atom. The lowest BCUT2D eigenvalue weighted by Crippen LogP contribution is -2.33. The summed E-state index contributed by atoms with van der Waals surface area (Å²) >= 11 is 7.56. The van der Waals surface area contributed by atoms with E-state index in [4.69, 9.17) is 5.73 Å². The first-order chi connectivity index (χ1) is 9.02. The van der Waals surface area contributed by atoms with Crippen molar-refractivity contribution in [3.8, 4) is 0 Å². The van der Waals surface area contributed by atoms with E-state index >= 15 is 0 Å². The predicted octanol–water partition coefficient (Wildman–Crippen LogP) is 2.60. The SMILES string of the molecule is NCCN1C(=O)SC(=Cc2ncc(Br)cc2Br)C1=O. The molecule has 0 atom stereocenters. The highest BCUT2D eigenvalue weighted by Crippen LogP contribution is 2.33. The molecular weight excluding hydrogens is 398 g/mol. The van der Waals surface area contributed by atoms with Crippen LogP contribution in [-0.4, -0.2) is 34.1 Å². The predicted molar refractivity (Wildman–Crippen MR) is 81.4 cm³/mol. The van der Waals surface area contributed by atoms with E-state index in [1.54, 1.807) is 12.3 Å². The van der Waals surface area contributed by atoms with E-state index in [1.807, 2.05) is 6.07 Å². The van der Waals surface area contributed by atoms with Crippen LogP contribution in [0.2, 0.25) is 0 Å². The summed E-state index contributed by atoms with van der Waals surface area (Å²) in [5, 5.41) is -0.296. The second-order valence-electron chi connectivity index (χ2n) is 3.64. The number of nitrogens with zero attached hydrogens (tertiary/aromatic N) is 2. The molecule has 0 saturated carbocycles. The molecule has 1 fully saturated rings. The van der Waals surface area contributed by atoms with Crippen molar-refractivity contribution in [3.05, 3.63) is 31.8 Å². The maximum Gasteiger partial charge on any atom is 0.293 e. The van der Waals surface area contributed by atoms with E-state index < -0.39 is 0 Å². The van der Waals surface area contributed by atoms with Gasteiger partial charge in [0.25, 0.3) is 11.1 Å². The number of nitrogens with two attached hydrogens (primary N) is 1. The Morgan fingerprint density at radius 1 is 1.42 bits per heavy atom. The zero-order valence-corrected chi connectivity index (χ0v) is 13.6. The fraction of sp³-hybridized carbons (Fsp3) is 0.182. The van der Waals surface area contributed by atoms with Gasteiger partial charge in [0, 0.05) is 28.2 Å². The van der Waals surface area contributed by atoms with Gasteiger partial charge in [0.05, 0.1) is 10.6 Å². The van der Waals surface area contributed by atoms with Crippen LogP contribution in [0.3, 0.4) is 0 Å². The number of rotatable bonds is 3. The fourth-order valence-electron chi connectivity index (χ4n) is 1.48. The normalized spacial score (nSPS) is 17.6. The fourth-order valence-corrected chi connectivity index (χ4v) is 3.42. The van der Waals surface area contributed by atoms with Crippen molar-refractivity contribution in [1.29, 1.82) is 0 Å². The zero-order valence-electron chi connectivity index (χ0n) is 9.60. The highest BCUT2D eigenvalue weighted by atomic mass is 79.9. The van der Waals surface area contributed by atoms with Crippen molar-refractivity contribution in [3.63, 3.8) is 0 Å². The maximum atomic E-state index is 12.0. The smallest absolute Gasteiger partial charge is 0.293 e. The van der Waals surface area contributed by atoms with E-state index in [0.29, 0.717) is 10.6 Å². The van der Waals surface area contributed by atoms with Crippen LogP contribution in [-0.2, 0) is 4.79 Å². The van der Waals surface area contributed by atoms with Crippen molar-refractivity contribution in [1.82, 2.24) is 9.88 Å². The molecule has 1 aromatic rings. The minimum absolute atomic E-state index is 0.233.